The van der Waals surface area contributed by atoms with E-state index in [1.54, 1.807) is 6.33 Å². The summed E-state index contributed by atoms with van der Waals surface area (Å²) < 4.78 is 15.1. The van der Waals surface area contributed by atoms with Gasteiger partial charge in [-0.05, 0) is 47.9 Å². The van der Waals surface area contributed by atoms with Crippen molar-refractivity contribution in [3.05, 3.63) is 16.8 Å². The monoisotopic (exact) mass is 490 g/mol. The number of aromatic nitrogens is 4. The Balaban J connectivity index is 2.39. The molecule has 0 unspecified atom stereocenters. The highest BCUT2D eigenvalue weighted by atomic mass is 35.5. The number of rotatable bonds is 7. The van der Waals surface area contributed by atoms with Crippen LogP contribution in [0.5, 0.6) is 0 Å². The Hall–Kier alpha value is -0.516. The summed E-state index contributed by atoms with van der Waals surface area (Å²) in [7, 11) is -3.89. The average molecular weight is 492 g/mol. The van der Waals surface area contributed by atoms with Crippen molar-refractivity contribution in [2.75, 3.05) is 13.2 Å². The molecule has 0 fully saturated rings. The zero-order chi connectivity index (χ0) is 23.1. The second-order valence-electron chi connectivity index (χ2n) is 10.9. The van der Waals surface area contributed by atoms with E-state index in [-0.39, 0.29) is 26.6 Å². The fourth-order valence-electron chi connectivity index (χ4n) is 2.38. The van der Waals surface area contributed by atoms with E-state index in [0.717, 1.165) is 0 Å². The van der Waals surface area contributed by atoms with Crippen LogP contribution in [-0.2, 0) is 8.85 Å². The van der Waals surface area contributed by atoms with Crippen molar-refractivity contribution in [2.24, 2.45) is 0 Å². The first-order valence-corrected chi connectivity index (χ1v) is 16.9. The maximum Gasteiger partial charge on any atom is 0.225 e. The van der Waals surface area contributed by atoms with E-state index in [1.807, 2.05) is 4.57 Å². The smallest absolute Gasteiger partial charge is 0.225 e. The first-order valence-electron chi connectivity index (χ1n) is 10.3. The normalized spacial score (nSPS) is 14.2. The van der Waals surface area contributed by atoms with E-state index in [4.69, 9.17) is 32.1 Å². The van der Waals surface area contributed by atoms with Gasteiger partial charge in [0, 0.05) is 0 Å². The zero-order valence-corrected chi connectivity index (χ0v) is 23.4. The van der Waals surface area contributed by atoms with Crippen molar-refractivity contribution in [1.29, 1.82) is 0 Å². The summed E-state index contributed by atoms with van der Waals surface area (Å²) in [6, 6.07) is -0.0970. The molecule has 2 heterocycles. The largest absolute Gasteiger partial charge is 0.415 e. The van der Waals surface area contributed by atoms with Gasteiger partial charge >= 0.3 is 0 Å². The summed E-state index contributed by atoms with van der Waals surface area (Å²) in [5.41, 5.74) is 1.13. The van der Waals surface area contributed by atoms with Crippen LogP contribution in [0.4, 0.5) is 0 Å². The van der Waals surface area contributed by atoms with E-state index >= 15 is 0 Å². The molecule has 0 amide bonds. The first kappa shape index (κ1) is 25.7. The lowest BCUT2D eigenvalue weighted by Crippen LogP contribution is -2.44. The molecule has 0 aliphatic rings. The Morgan fingerprint density at radius 2 is 1.37 bits per heavy atom. The molecule has 2 aromatic heterocycles. The van der Waals surface area contributed by atoms with Crippen LogP contribution >= 0.6 is 23.2 Å². The minimum atomic E-state index is -1.94. The van der Waals surface area contributed by atoms with Crippen LogP contribution in [0.2, 0.25) is 46.7 Å². The first-order chi connectivity index (χ1) is 13.5. The average Bonchev–Trinajstić information content (AvgIpc) is 2.96. The Morgan fingerprint density at radius 3 is 1.80 bits per heavy atom. The topological polar surface area (TPSA) is 62.1 Å². The van der Waals surface area contributed by atoms with Crippen molar-refractivity contribution < 1.29 is 8.85 Å². The molecule has 0 bridgehead atoms. The second kappa shape index (κ2) is 8.79. The van der Waals surface area contributed by atoms with Crippen LogP contribution in [0, 0.1) is 0 Å². The number of hydrogen-bond acceptors (Lipinski definition) is 5. The van der Waals surface area contributed by atoms with Crippen molar-refractivity contribution in [2.45, 2.75) is 83.8 Å². The van der Waals surface area contributed by atoms with Gasteiger partial charge in [0.05, 0.1) is 25.6 Å². The molecule has 2 aromatic rings. The third-order valence-corrected chi connectivity index (χ3v) is 16.1. The standard InChI is InChI=1S/C20H36Cl2N4O2Si2/c1-19(2,3)29(7,8)27-11-14(12-28-30(9,10)20(4,5)6)26-13-23-15-16(21)24-18(22)25-17(15)26/h13-14H,11-12H2,1-10H3. The number of halogens is 2. The van der Waals surface area contributed by atoms with Gasteiger partial charge in [-0.1, -0.05) is 53.1 Å². The van der Waals surface area contributed by atoms with E-state index < -0.39 is 16.6 Å². The van der Waals surface area contributed by atoms with Crippen LogP contribution < -0.4 is 0 Å². The number of nitrogens with zero attached hydrogens (tertiary/aromatic N) is 4. The quantitative estimate of drug-likeness (QED) is 0.244. The lowest BCUT2D eigenvalue weighted by Gasteiger charge is -2.39. The summed E-state index contributed by atoms with van der Waals surface area (Å²) in [6.07, 6.45) is 1.73. The van der Waals surface area contributed by atoms with Crippen LogP contribution in [0.3, 0.4) is 0 Å². The summed E-state index contributed by atoms with van der Waals surface area (Å²) in [4.78, 5) is 12.8. The van der Waals surface area contributed by atoms with E-state index in [1.165, 1.54) is 0 Å². The van der Waals surface area contributed by atoms with Gasteiger partial charge < -0.3 is 13.4 Å². The lowest BCUT2D eigenvalue weighted by molar-refractivity contribution is 0.163. The van der Waals surface area contributed by atoms with Crippen molar-refractivity contribution in [1.82, 2.24) is 19.5 Å². The molecule has 0 saturated heterocycles. The number of hydrogen-bond donors (Lipinski definition) is 0. The fourth-order valence-corrected chi connectivity index (χ4v) is 4.88. The third kappa shape index (κ3) is 5.64. The van der Waals surface area contributed by atoms with E-state index in [2.05, 4.69) is 82.7 Å². The molecule has 10 heteroatoms. The van der Waals surface area contributed by atoms with E-state index in [9.17, 15) is 0 Å². The summed E-state index contributed by atoms with van der Waals surface area (Å²) in [6.45, 7) is 23.4. The number of fused-ring (bicyclic) bond motifs is 1. The van der Waals surface area contributed by atoms with Crippen LogP contribution in [0.15, 0.2) is 6.33 Å². The maximum atomic E-state index is 6.56. The second-order valence-corrected chi connectivity index (χ2v) is 21.2. The third-order valence-electron chi connectivity index (χ3n) is 6.63. The highest BCUT2D eigenvalue weighted by Crippen LogP contribution is 2.39. The fraction of sp³-hybridized carbons (Fsp3) is 0.750. The molecule has 0 N–H and O–H groups in total. The van der Waals surface area contributed by atoms with Gasteiger partial charge in [0.2, 0.25) is 5.28 Å². The Bertz CT molecular complexity index is 859. The lowest BCUT2D eigenvalue weighted by atomic mass is 10.2. The van der Waals surface area contributed by atoms with Crippen LogP contribution in [0.1, 0.15) is 47.6 Å². The van der Waals surface area contributed by atoms with Crippen LogP contribution in [0.25, 0.3) is 11.2 Å². The van der Waals surface area contributed by atoms with E-state index in [0.29, 0.717) is 24.4 Å². The predicted octanol–water partition coefficient (Wildman–Crippen LogP) is 6.72. The van der Waals surface area contributed by atoms with Gasteiger partial charge in [0.25, 0.3) is 0 Å². The molecule has 0 aliphatic carbocycles. The van der Waals surface area contributed by atoms with Crippen molar-refractivity contribution in [3.8, 4) is 0 Å². The molecule has 6 nitrogen and oxygen atoms in total. The molecular weight excluding hydrogens is 455 g/mol. The number of imidazole rings is 1. The molecule has 0 radical (unpaired) electrons. The SMILES string of the molecule is CC(C)(C)[Si](C)(C)OCC(CO[Si](C)(C)C(C)(C)C)n1cnc2c(Cl)nc(Cl)nc21. The minimum absolute atomic E-state index is 0.0970. The molecule has 0 saturated carbocycles. The van der Waals surface area contributed by atoms with Gasteiger partial charge in [-0.3, -0.25) is 0 Å². The minimum Gasteiger partial charge on any atom is -0.415 e. The van der Waals surface area contributed by atoms with Crippen molar-refractivity contribution in [3.63, 3.8) is 0 Å². The maximum absolute atomic E-state index is 6.56. The molecule has 2 rings (SSSR count). The highest BCUT2D eigenvalue weighted by molar-refractivity contribution is 6.74. The molecule has 30 heavy (non-hydrogen) atoms. The van der Waals surface area contributed by atoms with Crippen molar-refractivity contribution >= 4 is 51.0 Å². The molecule has 0 aliphatic heterocycles. The zero-order valence-electron chi connectivity index (χ0n) is 19.9. The molecular formula is C20H36Cl2N4O2Si2. The molecule has 0 atom stereocenters. The van der Waals surface area contributed by atoms with Gasteiger partial charge in [-0.2, -0.15) is 4.98 Å². The molecule has 170 valence electrons. The van der Waals surface area contributed by atoms with Crippen LogP contribution in [-0.4, -0.2) is 49.4 Å². The summed E-state index contributed by atoms with van der Waals surface area (Å²) in [5, 5.41) is 0.578. The Labute approximate surface area is 193 Å². The predicted molar refractivity (Wildman–Crippen MR) is 131 cm³/mol. The Morgan fingerprint density at radius 1 is 0.900 bits per heavy atom. The summed E-state index contributed by atoms with van der Waals surface area (Å²) in [5.74, 6) is 0. The summed E-state index contributed by atoms with van der Waals surface area (Å²) >= 11 is 12.3. The molecule has 0 aromatic carbocycles. The van der Waals surface area contributed by atoms with Gasteiger partial charge in [-0.15, -0.1) is 0 Å². The van der Waals surface area contributed by atoms with Gasteiger partial charge in [0.1, 0.15) is 5.52 Å². The molecule has 0 spiro atoms. The van der Waals surface area contributed by atoms with Gasteiger partial charge in [0.15, 0.2) is 27.4 Å². The Kier molecular flexibility index (Phi) is 7.54. The highest BCUT2D eigenvalue weighted by Gasteiger charge is 2.40. The van der Waals surface area contributed by atoms with Gasteiger partial charge in [-0.25, -0.2) is 9.97 Å².